The van der Waals surface area contributed by atoms with E-state index in [0.29, 0.717) is 11.4 Å². The van der Waals surface area contributed by atoms with Crippen molar-refractivity contribution in [3.05, 3.63) is 54.1 Å². The van der Waals surface area contributed by atoms with Crippen molar-refractivity contribution in [1.29, 1.82) is 0 Å². The first kappa shape index (κ1) is 22.1. The van der Waals surface area contributed by atoms with E-state index in [9.17, 15) is 13.2 Å². The molecule has 0 bridgehead atoms. The highest BCUT2D eigenvalue weighted by Crippen LogP contribution is 2.22. The Hall–Kier alpha value is -2.58. The van der Waals surface area contributed by atoms with Gasteiger partial charge in [-0.1, -0.05) is 12.1 Å². The molecule has 0 aliphatic carbocycles. The number of piperidine rings is 1. The van der Waals surface area contributed by atoms with Crippen LogP contribution in [-0.4, -0.2) is 58.3 Å². The first-order valence-corrected chi connectivity index (χ1v) is 11.8. The van der Waals surface area contributed by atoms with Gasteiger partial charge in [0.1, 0.15) is 18.4 Å². The molecule has 1 amide bonds. The summed E-state index contributed by atoms with van der Waals surface area (Å²) in [5.41, 5.74) is 1.98. The predicted octanol–water partition coefficient (Wildman–Crippen LogP) is 2.87. The SMILES string of the molecule is Cc1cccc(N(CC(=O)Nc2ccc(OC3CCN(C)CC3)cc2)S(C)(=O)=O)c1. The van der Waals surface area contributed by atoms with E-state index in [-0.39, 0.29) is 12.6 Å². The third-order valence-electron chi connectivity index (χ3n) is 5.08. The first-order valence-electron chi connectivity index (χ1n) is 10.0. The number of rotatable bonds is 7. The van der Waals surface area contributed by atoms with E-state index in [4.69, 9.17) is 4.74 Å². The van der Waals surface area contributed by atoms with Crippen LogP contribution in [0.5, 0.6) is 5.75 Å². The van der Waals surface area contributed by atoms with Gasteiger partial charge >= 0.3 is 0 Å². The van der Waals surface area contributed by atoms with Crippen LogP contribution in [0.3, 0.4) is 0 Å². The van der Waals surface area contributed by atoms with Crippen molar-refractivity contribution in [2.75, 3.05) is 42.6 Å². The summed E-state index contributed by atoms with van der Waals surface area (Å²) in [5.74, 6) is 0.353. The summed E-state index contributed by atoms with van der Waals surface area (Å²) in [6, 6.07) is 14.2. The van der Waals surface area contributed by atoms with Crippen LogP contribution in [0.1, 0.15) is 18.4 Å². The second kappa shape index (κ2) is 9.49. The monoisotopic (exact) mass is 431 g/mol. The summed E-state index contributed by atoms with van der Waals surface area (Å²) in [5, 5.41) is 2.76. The Kier molecular flexibility index (Phi) is 6.99. The highest BCUT2D eigenvalue weighted by atomic mass is 32.2. The van der Waals surface area contributed by atoms with Gasteiger partial charge in [-0.15, -0.1) is 0 Å². The number of anilines is 2. The Morgan fingerprint density at radius 3 is 2.43 bits per heavy atom. The fourth-order valence-electron chi connectivity index (χ4n) is 3.43. The molecule has 2 aromatic rings. The molecule has 0 atom stereocenters. The van der Waals surface area contributed by atoms with Crippen LogP contribution in [-0.2, 0) is 14.8 Å². The van der Waals surface area contributed by atoms with Crippen LogP contribution in [0.2, 0.25) is 0 Å². The number of carbonyl (C=O) groups excluding carboxylic acids is 1. The summed E-state index contributed by atoms with van der Waals surface area (Å²) in [6.45, 7) is 3.63. The Labute approximate surface area is 178 Å². The van der Waals surface area contributed by atoms with E-state index in [1.54, 1.807) is 30.3 Å². The molecule has 1 N–H and O–H groups in total. The van der Waals surface area contributed by atoms with Crippen molar-refractivity contribution in [3.63, 3.8) is 0 Å². The molecule has 1 aliphatic heterocycles. The summed E-state index contributed by atoms with van der Waals surface area (Å²) >= 11 is 0. The largest absolute Gasteiger partial charge is 0.490 e. The maximum Gasteiger partial charge on any atom is 0.245 e. The van der Waals surface area contributed by atoms with Crippen LogP contribution < -0.4 is 14.4 Å². The number of nitrogens with one attached hydrogen (secondary N) is 1. The van der Waals surface area contributed by atoms with Crippen molar-refractivity contribution < 1.29 is 17.9 Å². The summed E-state index contributed by atoms with van der Waals surface area (Å²) in [6.07, 6.45) is 3.29. The first-order chi connectivity index (χ1) is 14.2. The summed E-state index contributed by atoms with van der Waals surface area (Å²) in [4.78, 5) is 14.8. The van der Waals surface area contributed by atoms with E-state index in [2.05, 4.69) is 17.3 Å². The molecule has 1 heterocycles. The second-order valence-electron chi connectivity index (χ2n) is 7.80. The Balaban J connectivity index is 1.60. The minimum Gasteiger partial charge on any atom is -0.490 e. The molecular weight excluding hydrogens is 402 g/mol. The lowest BCUT2D eigenvalue weighted by atomic mass is 10.1. The number of sulfonamides is 1. The molecule has 8 heteroatoms. The number of hydrogen-bond acceptors (Lipinski definition) is 5. The van der Waals surface area contributed by atoms with Gasteiger partial charge in [-0.05, 0) is 68.8 Å². The minimum absolute atomic E-state index is 0.208. The lowest BCUT2D eigenvalue weighted by molar-refractivity contribution is -0.114. The van der Waals surface area contributed by atoms with Crippen LogP contribution >= 0.6 is 0 Å². The van der Waals surface area contributed by atoms with Gasteiger partial charge in [-0.2, -0.15) is 0 Å². The van der Waals surface area contributed by atoms with Gasteiger partial charge in [-0.3, -0.25) is 9.10 Å². The van der Waals surface area contributed by atoms with E-state index in [1.165, 1.54) is 0 Å². The molecule has 162 valence electrons. The van der Waals surface area contributed by atoms with Gasteiger partial charge in [0, 0.05) is 18.8 Å². The Bertz CT molecular complexity index is 968. The number of amides is 1. The topological polar surface area (TPSA) is 79.0 Å². The van der Waals surface area contributed by atoms with Crippen molar-refractivity contribution in [1.82, 2.24) is 4.90 Å². The van der Waals surface area contributed by atoms with E-state index in [0.717, 1.165) is 47.8 Å². The smallest absolute Gasteiger partial charge is 0.245 e. The molecule has 0 saturated carbocycles. The van der Waals surface area contributed by atoms with Gasteiger partial charge < -0.3 is 15.0 Å². The molecule has 0 radical (unpaired) electrons. The quantitative estimate of drug-likeness (QED) is 0.729. The van der Waals surface area contributed by atoms with Crippen LogP contribution in [0.15, 0.2) is 48.5 Å². The standard InChI is InChI=1S/C22H29N3O4S/c1-17-5-4-6-19(15-17)25(30(3,27)28)16-22(26)23-18-7-9-20(10-8-18)29-21-11-13-24(2)14-12-21/h4-10,15,21H,11-14,16H2,1-3H3,(H,23,26). The second-order valence-corrected chi connectivity index (χ2v) is 9.71. The maximum absolute atomic E-state index is 12.5. The molecular formula is C22H29N3O4S. The van der Waals surface area contributed by atoms with Crippen molar-refractivity contribution in [2.45, 2.75) is 25.9 Å². The number of likely N-dealkylation sites (tertiary alicyclic amines) is 1. The van der Waals surface area contributed by atoms with Gasteiger partial charge in [0.15, 0.2) is 0 Å². The van der Waals surface area contributed by atoms with Crippen molar-refractivity contribution >= 4 is 27.3 Å². The zero-order valence-corrected chi connectivity index (χ0v) is 18.5. The van der Waals surface area contributed by atoms with Crippen LogP contribution in [0, 0.1) is 6.92 Å². The molecule has 0 aromatic heterocycles. The van der Waals surface area contributed by atoms with Gasteiger partial charge in [-0.25, -0.2) is 8.42 Å². The normalized spacial score (nSPS) is 15.6. The molecule has 7 nitrogen and oxygen atoms in total. The lowest BCUT2D eigenvalue weighted by Gasteiger charge is -2.29. The molecule has 30 heavy (non-hydrogen) atoms. The average molecular weight is 432 g/mol. The van der Waals surface area contributed by atoms with Crippen LogP contribution in [0.4, 0.5) is 11.4 Å². The molecule has 3 rings (SSSR count). The van der Waals surface area contributed by atoms with E-state index >= 15 is 0 Å². The number of aryl methyl sites for hydroxylation is 1. The summed E-state index contributed by atoms with van der Waals surface area (Å²) < 4.78 is 31.5. The average Bonchev–Trinajstić information content (AvgIpc) is 2.68. The van der Waals surface area contributed by atoms with Crippen molar-refractivity contribution in [3.8, 4) is 5.75 Å². The molecule has 0 unspecified atom stereocenters. The summed E-state index contributed by atoms with van der Waals surface area (Å²) in [7, 11) is -1.49. The molecule has 1 aliphatic rings. The number of carbonyl (C=O) groups is 1. The lowest BCUT2D eigenvalue weighted by Crippen LogP contribution is -2.37. The van der Waals surface area contributed by atoms with Gasteiger partial charge in [0.25, 0.3) is 0 Å². The zero-order valence-electron chi connectivity index (χ0n) is 17.7. The van der Waals surface area contributed by atoms with Crippen LogP contribution in [0.25, 0.3) is 0 Å². The number of hydrogen-bond donors (Lipinski definition) is 1. The highest BCUT2D eigenvalue weighted by Gasteiger charge is 2.21. The predicted molar refractivity (Wildman–Crippen MR) is 120 cm³/mol. The third-order valence-corrected chi connectivity index (χ3v) is 6.22. The molecule has 1 saturated heterocycles. The zero-order chi connectivity index (χ0) is 21.7. The fourth-order valence-corrected chi connectivity index (χ4v) is 4.27. The fraction of sp³-hybridized carbons (Fsp3) is 0.409. The molecule has 2 aromatic carbocycles. The minimum atomic E-state index is -3.60. The Morgan fingerprint density at radius 2 is 1.83 bits per heavy atom. The molecule has 0 spiro atoms. The van der Waals surface area contributed by atoms with Gasteiger partial charge in [0.2, 0.25) is 15.9 Å². The number of nitrogens with zero attached hydrogens (tertiary/aromatic N) is 2. The van der Waals surface area contributed by atoms with E-state index in [1.807, 2.05) is 25.1 Å². The number of ether oxygens (including phenoxy) is 1. The maximum atomic E-state index is 12.5. The van der Waals surface area contributed by atoms with E-state index < -0.39 is 15.9 Å². The number of benzene rings is 2. The van der Waals surface area contributed by atoms with Gasteiger partial charge in [0.05, 0.1) is 11.9 Å². The van der Waals surface area contributed by atoms with Crippen molar-refractivity contribution in [2.24, 2.45) is 0 Å². The Morgan fingerprint density at radius 1 is 1.17 bits per heavy atom. The molecule has 1 fully saturated rings. The highest BCUT2D eigenvalue weighted by molar-refractivity contribution is 7.92. The third kappa shape index (κ3) is 6.21.